The summed E-state index contributed by atoms with van der Waals surface area (Å²) in [4.78, 5) is 7.08. The molecule has 0 spiro atoms. The highest BCUT2D eigenvalue weighted by Crippen LogP contribution is 2.12. The van der Waals surface area contributed by atoms with Gasteiger partial charge >= 0.3 is 0 Å². The minimum atomic E-state index is 0.619. The smallest absolute Gasteiger partial charge is 0.107 e. The summed E-state index contributed by atoms with van der Waals surface area (Å²) in [6.45, 7) is 3.66. The Morgan fingerprint density at radius 2 is 2.33 bits per heavy atom. The molecule has 0 saturated carbocycles. The summed E-state index contributed by atoms with van der Waals surface area (Å²) in [6, 6.07) is 7.37. The van der Waals surface area contributed by atoms with E-state index in [0.29, 0.717) is 11.4 Å². The van der Waals surface area contributed by atoms with Crippen molar-refractivity contribution in [2.24, 2.45) is 0 Å². The number of aromatic nitrogens is 2. The molecule has 1 aromatic heterocycles. The molecule has 0 bridgehead atoms. The van der Waals surface area contributed by atoms with Gasteiger partial charge in [-0.2, -0.15) is 5.26 Å². The standard InChI is InChI=1S/C9H6N3/c1-6-11-8-3-2-7(5-10)4-9(8)12-6/h2-4H,1H2,(H,11,12). The van der Waals surface area contributed by atoms with Crippen LogP contribution in [0.25, 0.3) is 11.0 Å². The first-order chi connectivity index (χ1) is 5.79. The lowest BCUT2D eigenvalue weighted by molar-refractivity contribution is 1.25. The van der Waals surface area contributed by atoms with Crippen molar-refractivity contribution < 1.29 is 0 Å². The monoisotopic (exact) mass is 156 g/mol. The van der Waals surface area contributed by atoms with Gasteiger partial charge in [0.2, 0.25) is 0 Å². The maximum Gasteiger partial charge on any atom is 0.107 e. The fourth-order valence-corrected chi connectivity index (χ4v) is 1.13. The second kappa shape index (κ2) is 2.35. The number of fused-ring (bicyclic) bond motifs is 1. The second-order valence-electron chi connectivity index (χ2n) is 2.53. The molecule has 0 fully saturated rings. The van der Waals surface area contributed by atoms with Crippen molar-refractivity contribution in [3.05, 3.63) is 36.5 Å². The molecule has 1 radical (unpaired) electrons. The van der Waals surface area contributed by atoms with Crippen LogP contribution < -0.4 is 0 Å². The van der Waals surface area contributed by atoms with Gasteiger partial charge in [0.15, 0.2) is 0 Å². The minimum absolute atomic E-state index is 0.619. The number of imidazole rings is 1. The second-order valence-corrected chi connectivity index (χ2v) is 2.53. The van der Waals surface area contributed by atoms with E-state index in [9.17, 15) is 0 Å². The van der Waals surface area contributed by atoms with E-state index < -0.39 is 0 Å². The Labute approximate surface area is 69.7 Å². The van der Waals surface area contributed by atoms with Gasteiger partial charge in [0.25, 0.3) is 0 Å². The number of hydrogen-bond acceptors (Lipinski definition) is 2. The Hall–Kier alpha value is -1.82. The van der Waals surface area contributed by atoms with Gasteiger partial charge in [-0.1, -0.05) is 0 Å². The van der Waals surface area contributed by atoms with E-state index in [1.807, 2.05) is 6.07 Å². The zero-order chi connectivity index (χ0) is 8.55. The molecule has 0 aliphatic heterocycles. The van der Waals surface area contributed by atoms with Crippen LogP contribution in [0.3, 0.4) is 0 Å². The Kier molecular flexibility index (Phi) is 1.34. The summed E-state index contributed by atoms with van der Waals surface area (Å²) in [5.41, 5.74) is 2.33. The van der Waals surface area contributed by atoms with Gasteiger partial charge < -0.3 is 4.98 Å². The SMILES string of the molecule is [CH2]c1nc2cc(C#N)ccc2[nH]1. The lowest BCUT2D eigenvalue weighted by Crippen LogP contribution is -1.73. The molecule has 57 valence electrons. The molecule has 1 aromatic carbocycles. The quantitative estimate of drug-likeness (QED) is 0.630. The Balaban J connectivity index is 2.77. The molecule has 12 heavy (non-hydrogen) atoms. The summed E-state index contributed by atoms with van der Waals surface area (Å²) < 4.78 is 0. The maximum absolute atomic E-state index is 8.60. The number of hydrogen-bond donors (Lipinski definition) is 1. The molecule has 0 aliphatic rings. The van der Waals surface area contributed by atoms with Crippen molar-refractivity contribution >= 4 is 11.0 Å². The fourth-order valence-electron chi connectivity index (χ4n) is 1.13. The van der Waals surface area contributed by atoms with Crippen molar-refractivity contribution in [1.82, 2.24) is 9.97 Å². The van der Waals surface area contributed by atoms with Crippen LogP contribution in [-0.4, -0.2) is 9.97 Å². The molecule has 2 aromatic rings. The van der Waals surface area contributed by atoms with Gasteiger partial charge in [-0.25, -0.2) is 4.98 Å². The predicted molar refractivity (Wildman–Crippen MR) is 45.3 cm³/mol. The van der Waals surface area contributed by atoms with Crippen LogP contribution >= 0.6 is 0 Å². The molecule has 1 heterocycles. The number of nitrogens with zero attached hydrogens (tertiary/aromatic N) is 2. The molecule has 3 nitrogen and oxygen atoms in total. The lowest BCUT2D eigenvalue weighted by atomic mass is 10.2. The van der Waals surface area contributed by atoms with Gasteiger partial charge in [0, 0.05) is 6.92 Å². The van der Waals surface area contributed by atoms with Gasteiger partial charge in [-0.3, -0.25) is 0 Å². The van der Waals surface area contributed by atoms with Crippen LogP contribution in [0.2, 0.25) is 0 Å². The molecule has 1 N–H and O–H groups in total. The van der Waals surface area contributed by atoms with Crippen LogP contribution in [0.5, 0.6) is 0 Å². The molecule has 0 amide bonds. The number of H-pyrrole nitrogens is 1. The summed E-state index contributed by atoms with van der Waals surface area (Å²) in [5, 5.41) is 8.60. The molecule has 3 heteroatoms. The first-order valence-electron chi connectivity index (χ1n) is 3.51. The topological polar surface area (TPSA) is 52.5 Å². The number of nitriles is 1. The van der Waals surface area contributed by atoms with Crippen molar-refractivity contribution in [1.29, 1.82) is 5.26 Å². The van der Waals surface area contributed by atoms with Crippen LogP contribution in [0, 0.1) is 18.3 Å². The van der Waals surface area contributed by atoms with Gasteiger partial charge in [-0.15, -0.1) is 0 Å². The first kappa shape index (κ1) is 6.86. The molecular weight excluding hydrogens is 150 g/mol. The molecule has 0 unspecified atom stereocenters. The van der Waals surface area contributed by atoms with E-state index in [0.717, 1.165) is 11.0 Å². The van der Waals surface area contributed by atoms with Crippen molar-refractivity contribution in [2.45, 2.75) is 0 Å². The highest BCUT2D eigenvalue weighted by atomic mass is 14.9. The predicted octanol–water partition coefficient (Wildman–Crippen LogP) is 1.62. The van der Waals surface area contributed by atoms with Crippen LogP contribution in [0.15, 0.2) is 18.2 Å². The van der Waals surface area contributed by atoms with E-state index in [2.05, 4.69) is 23.0 Å². The number of benzene rings is 1. The summed E-state index contributed by atoms with van der Waals surface area (Å²) >= 11 is 0. The Morgan fingerprint density at radius 1 is 1.50 bits per heavy atom. The van der Waals surface area contributed by atoms with Crippen LogP contribution in [-0.2, 0) is 0 Å². The van der Waals surface area contributed by atoms with E-state index >= 15 is 0 Å². The van der Waals surface area contributed by atoms with E-state index in [1.165, 1.54) is 0 Å². The van der Waals surface area contributed by atoms with Crippen LogP contribution in [0.4, 0.5) is 0 Å². The average Bonchev–Trinajstić information content (AvgIpc) is 2.43. The van der Waals surface area contributed by atoms with Gasteiger partial charge in [0.1, 0.15) is 5.82 Å². The highest BCUT2D eigenvalue weighted by molar-refractivity contribution is 5.76. The number of rotatable bonds is 0. The fraction of sp³-hybridized carbons (Fsp3) is 0. The molecule has 0 atom stereocenters. The number of nitrogens with one attached hydrogen (secondary N) is 1. The average molecular weight is 156 g/mol. The van der Waals surface area contributed by atoms with E-state index in [4.69, 9.17) is 5.26 Å². The highest BCUT2D eigenvalue weighted by Gasteiger charge is 1.99. The van der Waals surface area contributed by atoms with Crippen LogP contribution in [0.1, 0.15) is 11.4 Å². The third-order valence-electron chi connectivity index (χ3n) is 1.66. The number of aromatic amines is 1. The third kappa shape index (κ3) is 0.940. The first-order valence-corrected chi connectivity index (χ1v) is 3.51. The van der Waals surface area contributed by atoms with Crippen molar-refractivity contribution in [2.75, 3.05) is 0 Å². The maximum atomic E-state index is 8.60. The zero-order valence-electron chi connectivity index (χ0n) is 6.33. The lowest BCUT2D eigenvalue weighted by Gasteiger charge is -1.86. The molecule has 2 rings (SSSR count). The van der Waals surface area contributed by atoms with Crippen molar-refractivity contribution in [3.63, 3.8) is 0 Å². The summed E-state index contributed by atoms with van der Waals surface area (Å²) in [7, 11) is 0. The van der Waals surface area contributed by atoms with Gasteiger partial charge in [-0.05, 0) is 18.2 Å². The molecular formula is C9H6N3. The van der Waals surface area contributed by atoms with Crippen molar-refractivity contribution in [3.8, 4) is 6.07 Å². The normalized spacial score (nSPS) is 10.0. The van der Waals surface area contributed by atoms with Gasteiger partial charge in [0.05, 0.1) is 22.7 Å². The molecule has 0 saturated heterocycles. The third-order valence-corrected chi connectivity index (χ3v) is 1.66. The minimum Gasteiger partial charge on any atom is -0.342 e. The summed E-state index contributed by atoms with van der Waals surface area (Å²) in [6.07, 6.45) is 0. The largest absolute Gasteiger partial charge is 0.342 e. The zero-order valence-corrected chi connectivity index (χ0v) is 6.33. The Bertz CT molecular complexity index is 462. The molecule has 0 aliphatic carbocycles. The Morgan fingerprint density at radius 3 is 3.08 bits per heavy atom. The van der Waals surface area contributed by atoms with E-state index in [-0.39, 0.29) is 0 Å². The van der Waals surface area contributed by atoms with E-state index in [1.54, 1.807) is 12.1 Å². The summed E-state index contributed by atoms with van der Waals surface area (Å²) in [5.74, 6) is 0.625.